The van der Waals surface area contributed by atoms with Gasteiger partial charge < -0.3 is 14.6 Å². The first-order valence-electron chi connectivity index (χ1n) is 11.2. The van der Waals surface area contributed by atoms with Gasteiger partial charge in [0.15, 0.2) is 0 Å². The van der Waals surface area contributed by atoms with Crippen LogP contribution >= 0.6 is 0 Å². The number of aromatic nitrogens is 1. The Morgan fingerprint density at radius 2 is 2.06 bits per heavy atom. The van der Waals surface area contributed by atoms with Gasteiger partial charge in [0.2, 0.25) is 5.91 Å². The highest BCUT2D eigenvalue weighted by Gasteiger charge is 2.27. The van der Waals surface area contributed by atoms with Gasteiger partial charge in [-0.1, -0.05) is 29.8 Å². The number of carbonyl (C=O) groups excluding carboxylic acids is 2. The molecule has 1 unspecified atom stereocenters. The Balaban J connectivity index is 1.49. The largest absolute Gasteiger partial charge is 0.465 e. The van der Waals surface area contributed by atoms with Gasteiger partial charge in [0.25, 0.3) is 0 Å². The fourth-order valence-electron chi connectivity index (χ4n) is 4.69. The second-order valence-electron chi connectivity index (χ2n) is 8.47. The summed E-state index contributed by atoms with van der Waals surface area (Å²) in [6.45, 7) is 4.26. The topological polar surface area (TPSA) is 60.3 Å². The summed E-state index contributed by atoms with van der Waals surface area (Å²) in [4.78, 5) is 24.7. The number of ether oxygens (including phenoxy) is 1. The third kappa shape index (κ3) is 4.85. The van der Waals surface area contributed by atoms with Crippen molar-refractivity contribution in [1.29, 1.82) is 0 Å². The molecular formula is C26H29FN2O3. The summed E-state index contributed by atoms with van der Waals surface area (Å²) in [5.74, 6) is -0.581. The number of aryl methyl sites for hydroxylation is 2. The van der Waals surface area contributed by atoms with Crippen LogP contribution in [0.4, 0.5) is 4.39 Å². The number of nitrogens with one attached hydrogen (secondary N) is 1. The summed E-state index contributed by atoms with van der Waals surface area (Å²) in [5, 5.41) is 3.97. The molecular weight excluding hydrogens is 407 g/mol. The summed E-state index contributed by atoms with van der Waals surface area (Å²) in [5.41, 5.74) is 5.22. The van der Waals surface area contributed by atoms with Gasteiger partial charge in [0, 0.05) is 29.1 Å². The Hall–Kier alpha value is -3.15. The minimum atomic E-state index is -0.308. The number of esters is 1. The summed E-state index contributed by atoms with van der Waals surface area (Å²) in [6, 6.07) is 12.9. The highest BCUT2D eigenvalue weighted by atomic mass is 19.1. The van der Waals surface area contributed by atoms with E-state index in [0.717, 1.165) is 34.1 Å². The van der Waals surface area contributed by atoms with Gasteiger partial charge in [-0.05, 0) is 68.9 Å². The zero-order valence-corrected chi connectivity index (χ0v) is 18.6. The van der Waals surface area contributed by atoms with Crippen molar-refractivity contribution in [1.82, 2.24) is 9.88 Å². The molecule has 0 bridgehead atoms. The first kappa shape index (κ1) is 22.1. The summed E-state index contributed by atoms with van der Waals surface area (Å²) in [6.07, 6.45) is 3.27. The minimum Gasteiger partial charge on any atom is -0.465 e. The molecule has 1 heterocycles. The van der Waals surface area contributed by atoms with Crippen LogP contribution in [0.5, 0.6) is 0 Å². The molecule has 1 aliphatic carbocycles. The number of fused-ring (bicyclic) bond motifs is 3. The Bertz CT molecular complexity index is 1150. The smallest absolute Gasteiger partial charge is 0.325 e. The van der Waals surface area contributed by atoms with Gasteiger partial charge in [0.05, 0.1) is 6.61 Å². The first-order chi connectivity index (χ1) is 15.4. The van der Waals surface area contributed by atoms with Gasteiger partial charge in [-0.3, -0.25) is 9.59 Å². The molecule has 5 nitrogen and oxygen atoms in total. The maximum absolute atomic E-state index is 14.0. The number of halogens is 1. The van der Waals surface area contributed by atoms with E-state index < -0.39 is 0 Å². The van der Waals surface area contributed by atoms with E-state index in [1.165, 1.54) is 17.7 Å². The van der Waals surface area contributed by atoms with Gasteiger partial charge in [-0.15, -0.1) is 0 Å². The Kier molecular flexibility index (Phi) is 6.58. The summed E-state index contributed by atoms with van der Waals surface area (Å²) in [7, 11) is 0. The molecule has 168 valence electrons. The van der Waals surface area contributed by atoms with Crippen LogP contribution in [-0.2, 0) is 40.1 Å². The van der Waals surface area contributed by atoms with E-state index >= 15 is 0 Å². The van der Waals surface area contributed by atoms with Crippen molar-refractivity contribution >= 4 is 22.8 Å². The second kappa shape index (κ2) is 9.55. The third-order valence-corrected chi connectivity index (χ3v) is 6.11. The molecule has 0 saturated carbocycles. The number of hydrogen-bond acceptors (Lipinski definition) is 3. The van der Waals surface area contributed by atoms with Crippen LogP contribution in [0.1, 0.15) is 42.1 Å². The molecule has 1 N–H and O–H groups in total. The van der Waals surface area contributed by atoms with Crippen LogP contribution in [0.2, 0.25) is 0 Å². The maximum atomic E-state index is 14.0. The van der Waals surface area contributed by atoms with Crippen LogP contribution in [0.15, 0.2) is 42.5 Å². The van der Waals surface area contributed by atoms with Crippen LogP contribution < -0.4 is 5.32 Å². The van der Waals surface area contributed by atoms with E-state index in [1.807, 2.05) is 29.7 Å². The lowest BCUT2D eigenvalue weighted by atomic mass is 9.91. The molecule has 0 fully saturated rings. The average molecular weight is 437 g/mol. The van der Waals surface area contributed by atoms with Gasteiger partial charge in [-0.25, -0.2) is 4.39 Å². The quantitative estimate of drug-likeness (QED) is 0.563. The highest BCUT2D eigenvalue weighted by Crippen LogP contribution is 2.33. The fraction of sp³-hybridized carbons (Fsp3) is 0.385. The van der Waals surface area contributed by atoms with Crippen molar-refractivity contribution in [3.8, 4) is 0 Å². The summed E-state index contributed by atoms with van der Waals surface area (Å²) >= 11 is 0. The van der Waals surface area contributed by atoms with Crippen LogP contribution in [0, 0.1) is 12.7 Å². The standard InChI is InChI=1S/C26H29FN2O3/c1-3-32-26(31)16-29-23-10-8-19(27)14-21(23)22-15-20(9-11-24(22)29)28-25(30)12-7-18-6-4-5-17(2)13-18/h4-6,8,10,13-14,20H,3,7,9,11-12,15-16H2,1-2H3,(H,28,30). The highest BCUT2D eigenvalue weighted by molar-refractivity contribution is 5.87. The maximum Gasteiger partial charge on any atom is 0.325 e. The normalized spacial score (nSPS) is 15.4. The molecule has 0 spiro atoms. The lowest BCUT2D eigenvalue weighted by Gasteiger charge is -2.25. The van der Waals surface area contributed by atoms with Crippen molar-refractivity contribution in [3.05, 3.63) is 70.7 Å². The number of nitrogens with zero attached hydrogens (tertiary/aromatic N) is 1. The van der Waals surface area contributed by atoms with Gasteiger partial charge in [0.1, 0.15) is 12.4 Å². The van der Waals surface area contributed by atoms with Crippen LogP contribution in [0.25, 0.3) is 10.9 Å². The number of hydrogen-bond donors (Lipinski definition) is 1. The SMILES string of the molecule is CCOC(=O)Cn1c2c(c3cc(F)ccc31)CC(NC(=O)CCc1cccc(C)c1)CC2. The predicted molar refractivity (Wildman–Crippen MR) is 122 cm³/mol. The van der Waals surface area contributed by atoms with Crippen molar-refractivity contribution < 1.29 is 18.7 Å². The number of carbonyl (C=O) groups is 2. The fourth-order valence-corrected chi connectivity index (χ4v) is 4.69. The minimum absolute atomic E-state index is 0.00239. The predicted octanol–water partition coefficient (Wildman–Crippen LogP) is 4.26. The molecule has 2 aromatic carbocycles. The zero-order chi connectivity index (χ0) is 22.7. The van der Waals surface area contributed by atoms with Crippen molar-refractivity contribution in [2.45, 2.75) is 58.5 Å². The summed E-state index contributed by atoms with van der Waals surface area (Å²) < 4.78 is 21.1. The molecule has 6 heteroatoms. The number of rotatable bonds is 7. The molecule has 0 aliphatic heterocycles. The Morgan fingerprint density at radius 3 is 2.84 bits per heavy atom. The molecule has 3 aromatic rings. The average Bonchev–Trinajstić information content (AvgIpc) is 3.05. The molecule has 4 rings (SSSR count). The first-order valence-corrected chi connectivity index (χ1v) is 11.2. The van der Waals surface area contributed by atoms with Crippen LogP contribution in [0.3, 0.4) is 0 Å². The lowest BCUT2D eigenvalue weighted by molar-refractivity contribution is -0.143. The molecule has 0 saturated heterocycles. The van der Waals surface area contributed by atoms with E-state index in [-0.39, 0.29) is 30.3 Å². The monoisotopic (exact) mass is 436 g/mol. The van der Waals surface area contributed by atoms with Crippen LogP contribution in [-0.4, -0.2) is 29.1 Å². The molecule has 32 heavy (non-hydrogen) atoms. The third-order valence-electron chi connectivity index (χ3n) is 6.11. The van der Waals surface area contributed by atoms with Gasteiger partial charge >= 0.3 is 5.97 Å². The number of amides is 1. The molecule has 0 radical (unpaired) electrons. The molecule has 1 aliphatic rings. The van der Waals surface area contributed by atoms with Crippen molar-refractivity contribution in [3.63, 3.8) is 0 Å². The van der Waals surface area contributed by atoms with E-state index in [1.54, 1.807) is 13.0 Å². The van der Waals surface area contributed by atoms with Gasteiger partial charge in [-0.2, -0.15) is 0 Å². The Morgan fingerprint density at radius 1 is 1.22 bits per heavy atom. The second-order valence-corrected chi connectivity index (χ2v) is 8.47. The van der Waals surface area contributed by atoms with E-state index in [4.69, 9.17) is 4.74 Å². The lowest BCUT2D eigenvalue weighted by Crippen LogP contribution is -2.39. The van der Waals surface area contributed by atoms with E-state index in [0.29, 0.717) is 32.3 Å². The number of benzene rings is 2. The van der Waals surface area contributed by atoms with Crippen molar-refractivity contribution in [2.24, 2.45) is 0 Å². The molecule has 1 amide bonds. The van der Waals surface area contributed by atoms with Crippen molar-refractivity contribution in [2.75, 3.05) is 6.61 Å². The van der Waals surface area contributed by atoms with E-state index in [9.17, 15) is 14.0 Å². The zero-order valence-electron chi connectivity index (χ0n) is 18.6. The molecule has 1 atom stereocenters. The van der Waals surface area contributed by atoms with E-state index in [2.05, 4.69) is 11.4 Å². The Labute approximate surface area is 187 Å². The molecule has 1 aromatic heterocycles.